The van der Waals surface area contributed by atoms with E-state index in [1.54, 1.807) is 0 Å². The summed E-state index contributed by atoms with van der Waals surface area (Å²) in [6.07, 6.45) is 5.21. The molecule has 0 bridgehead atoms. The molecule has 0 spiro atoms. The summed E-state index contributed by atoms with van der Waals surface area (Å²) in [4.78, 5) is 23.1. The molecule has 2 aromatic heterocycles. The summed E-state index contributed by atoms with van der Waals surface area (Å²) in [6, 6.07) is 12.5. The number of carbonyl (C=O) groups is 1. The zero-order chi connectivity index (χ0) is 24.2. The van der Waals surface area contributed by atoms with E-state index in [0.29, 0.717) is 12.5 Å². The van der Waals surface area contributed by atoms with E-state index in [1.165, 1.54) is 11.8 Å². The fourth-order valence-electron chi connectivity index (χ4n) is 5.09. The van der Waals surface area contributed by atoms with Gasteiger partial charge in [0.2, 0.25) is 11.9 Å². The van der Waals surface area contributed by atoms with E-state index in [1.807, 2.05) is 21.7 Å². The number of benzene rings is 1. The predicted octanol–water partition coefficient (Wildman–Crippen LogP) is 2.48. The first-order valence-corrected chi connectivity index (χ1v) is 12.4. The van der Waals surface area contributed by atoms with Crippen LogP contribution < -0.4 is 10.2 Å². The Balaban J connectivity index is 1.27. The van der Waals surface area contributed by atoms with Crippen LogP contribution in [0.1, 0.15) is 24.5 Å². The number of piperazine rings is 1. The molecule has 2 saturated heterocycles. The van der Waals surface area contributed by atoms with Gasteiger partial charge in [-0.2, -0.15) is 0 Å². The molecule has 5 rings (SSSR count). The lowest BCUT2D eigenvalue weighted by molar-refractivity contribution is -0.127. The van der Waals surface area contributed by atoms with E-state index in [2.05, 4.69) is 57.0 Å². The summed E-state index contributed by atoms with van der Waals surface area (Å²) in [5.41, 5.74) is 4.16. The molecule has 2 aliphatic rings. The number of amides is 1. The lowest BCUT2D eigenvalue weighted by Crippen LogP contribution is -2.47. The number of rotatable bonds is 7. The fraction of sp³-hybridized carbons (Fsp3) is 0.423. The van der Waals surface area contributed by atoms with Gasteiger partial charge in [0.25, 0.3) is 0 Å². The monoisotopic (exact) mass is 475 g/mol. The van der Waals surface area contributed by atoms with Crippen LogP contribution in [0.25, 0.3) is 5.52 Å². The number of piperidine rings is 1. The topological polar surface area (TPSA) is 89.2 Å². The fourth-order valence-corrected chi connectivity index (χ4v) is 5.09. The van der Waals surface area contributed by atoms with Crippen molar-refractivity contribution in [3.63, 3.8) is 0 Å². The van der Waals surface area contributed by atoms with Gasteiger partial charge in [-0.15, -0.1) is 5.10 Å². The van der Waals surface area contributed by atoms with Crippen molar-refractivity contribution >= 4 is 28.7 Å². The molecule has 9 heteroatoms. The number of nitrogens with one attached hydrogen (secondary N) is 1. The van der Waals surface area contributed by atoms with Gasteiger partial charge in [0.15, 0.2) is 0 Å². The van der Waals surface area contributed by atoms with Gasteiger partial charge in [-0.25, -0.2) is 9.50 Å². The van der Waals surface area contributed by atoms with Gasteiger partial charge in [-0.1, -0.05) is 6.58 Å². The summed E-state index contributed by atoms with van der Waals surface area (Å²) in [5, 5.41) is 17.2. The number of hydrogen-bond donors (Lipinski definition) is 2. The first-order chi connectivity index (χ1) is 17.1. The van der Waals surface area contributed by atoms with Crippen molar-refractivity contribution < 1.29 is 9.90 Å². The second-order valence-corrected chi connectivity index (χ2v) is 9.23. The summed E-state index contributed by atoms with van der Waals surface area (Å²) in [6.45, 7) is 9.90. The maximum absolute atomic E-state index is 12.1. The van der Waals surface area contributed by atoms with Crippen molar-refractivity contribution in [3.05, 3.63) is 60.9 Å². The van der Waals surface area contributed by atoms with Gasteiger partial charge in [0, 0.05) is 68.8 Å². The van der Waals surface area contributed by atoms with Crippen molar-refractivity contribution in [1.82, 2.24) is 24.4 Å². The smallest absolute Gasteiger partial charge is 0.245 e. The van der Waals surface area contributed by atoms with Crippen LogP contribution in [0.3, 0.4) is 0 Å². The number of hydrogen-bond acceptors (Lipinski definition) is 7. The molecular weight excluding hydrogens is 442 g/mol. The average Bonchev–Trinajstić information content (AvgIpc) is 3.33. The molecule has 0 saturated carbocycles. The molecule has 1 aromatic carbocycles. The molecule has 3 aromatic rings. The molecule has 1 atom stereocenters. The second-order valence-electron chi connectivity index (χ2n) is 9.23. The number of aliphatic hydroxyl groups excluding tert-OH is 1. The first kappa shape index (κ1) is 23.3. The third-order valence-electron chi connectivity index (χ3n) is 7.03. The SMILES string of the molecule is C=CC(=O)N1CCCC(c2ccc3cnc(Nc4ccc(N5CCN(CCO)CC5)cc4)nn23)C1. The number of aromatic nitrogens is 3. The van der Waals surface area contributed by atoms with Crippen LogP contribution in [0.4, 0.5) is 17.3 Å². The van der Waals surface area contributed by atoms with Crippen LogP contribution in [0, 0.1) is 0 Å². The van der Waals surface area contributed by atoms with Crippen molar-refractivity contribution in [2.45, 2.75) is 18.8 Å². The minimum atomic E-state index is -0.0111. The minimum absolute atomic E-state index is 0.0111. The second kappa shape index (κ2) is 10.5. The van der Waals surface area contributed by atoms with E-state index in [0.717, 1.165) is 69.0 Å². The summed E-state index contributed by atoms with van der Waals surface area (Å²) in [7, 11) is 0. The quantitative estimate of drug-likeness (QED) is 0.508. The van der Waals surface area contributed by atoms with Gasteiger partial charge in [0.1, 0.15) is 0 Å². The Morgan fingerprint density at radius 2 is 1.91 bits per heavy atom. The highest BCUT2D eigenvalue weighted by molar-refractivity contribution is 5.87. The zero-order valence-corrected chi connectivity index (χ0v) is 20.0. The van der Waals surface area contributed by atoms with E-state index in [-0.39, 0.29) is 18.4 Å². The molecule has 2 N–H and O–H groups in total. The van der Waals surface area contributed by atoms with Gasteiger partial charge >= 0.3 is 0 Å². The molecule has 2 fully saturated rings. The van der Waals surface area contributed by atoms with Crippen LogP contribution in [-0.4, -0.2) is 87.8 Å². The Labute approximate surface area is 205 Å². The van der Waals surface area contributed by atoms with Crippen LogP contribution >= 0.6 is 0 Å². The van der Waals surface area contributed by atoms with Gasteiger partial charge < -0.3 is 20.2 Å². The highest BCUT2D eigenvalue weighted by Gasteiger charge is 2.26. The van der Waals surface area contributed by atoms with E-state index in [4.69, 9.17) is 10.2 Å². The molecule has 0 aliphatic carbocycles. The Kier molecular flexibility index (Phi) is 6.96. The first-order valence-electron chi connectivity index (χ1n) is 12.4. The molecule has 0 radical (unpaired) electrons. The molecule has 1 unspecified atom stereocenters. The molecule has 4 heterocycles. The summed E-state index contributed by atoms with van der Waals surface area (Å²) >= 11 is 0. The number of likely N-dealkylation sites (tertiary alicyclic amines) is 1. The van der Waals surface area contributed by atoms with Crippen molar-refractivity contribution in [1.29, 1.82) is 0 Å². The van der Waals surface area contributed by atoms with Crippen LogP contribution in [0.5, 0.6) is 0 Å². The Morgan fingerprint density at radius 3 is 2.66 bits per heavy atom. The van der Waals surface area contributed by atoms with Crippen molar-refractivity contribution in [2.75, 3.05) is 62.6 Å². The minimum Gasteiger partial charge on any atom is -0.395 e. The van der Waals surface area contributed by atoms with Crippen molar-refractivity contribution in [3.8, 4) is 0 Å². The highest BCUT2D eigenvalue weighted by Crippen LogP contribution is 2.29. The van der Waals surface area contributed by atoms with Crippen LogP contribution in [0.15, 0.2) is 55.3 Å². The maximum atomic E-state index is 12.1. The Bertz CT molecular complexity index is 1170. The van der Waals surface area contributed by atoms with Gasteiger partial charge in [-0.05, 0) is 55.3 Å². The maximum Gasteiger partial charge on any atom is 0.245 e. The third kappa shape index (κ3) is 5.16. The number of β-amino-alcohol motifs (C(OH)–C–C–N with tert-alkyl or cyclic N) is 1. The standard InChI is InChI=1S/C26H33N7O2/c1-2-25(35)32-11-3-4-20(19-32)24-10-9-23-18-27-26(29-33(23)24)28-21-5-7-22(8-6-21)31-14-12-30(13-15-31)16-17-34/h2,5-10,18,20,34H,1,3-4,11-17,19H2,(H,28,29). The number of carbonyl (C=O) groups excluding carboxylic acids is 1. The number of aliphatic hydroxyl groups is 1. The van der Waals surface area contributed by atoms with Crippen molar-refractivity contribution in [2.24, 2.45) is 0 Å². The molecular formula is C26H33N7O2. The highest BCUT2D eigenvalue weighted by atomic mass is 16.3. The molecule has 1 amide bonds. The number of anilines is 3. The van der Waals surface area contributed by atoms with E-state index >= 15 is 0 Å². The Hall–Kier alpha value is -3.43. The summed E-state index contributed by atoms with van der Waals surface area (Å²) in [5.74, 6) is 0.758. The third-order valence-corrected chi connectivity index (χ3v) is 7.03. The lowest BCUT2D eigenvalue weighted by Gasteiger charge is -2.35. The van der Waals surface area contributed by atoms with Gasteiger partial charge in [0.05, 0.1) is 18.3 Å². The van der Waals surface area contributed by atoms with Crippen LogP contribution in [-0.2, 0) is 4.79 Å². The zero-order valence-electron chi connectivity index (χ0n) is 20.0. The predicted molar refractivity (Wildman–Crippen MR) is 137 cm³/mol. The number of fused-ring (bicyclic) bond motifs is 1. The van der Waals surface area contributed by atoms with E-state index < -0.39 is 0 Å². The van der Waals surface area contributed by atoms with Crippen LogP contribution in [0.2, 0.25) is 0 Å². The molecule has 9 nitrogen and oxygen atoms in total. The number of nitrogens with zero attached hydrogens (tertiary/aromatic N) is 6. The normalized spacial score (nSPS) is 19.2. The van der Waals surface area contributed by atoms with Gasteiger partial charge in [-0.3, -0.25) is 9.69 Å². The van der Waals surface area contributed by atoms with E-state index in [9.17, 15) is 4.79 Å². The summed E-state index contributed by atoms with van der Waals surface area (Å²) < 4.78 is 1.95. The lowest BCUT2D eigenvalue weighted by atomic mass is 9.95. The molecule has 184 valence electrons. The Morgan fingerprint density at radius 1 is 1.11 bits per heavy atom. The largest absolute Gasteiger partial charge is 0.395 e. The molecule has 35 heavy (non-hydrogen) atoms. The molecule has 2 aliphatic heterocycles. The average molecular weight is 476 g/mol.